The van der Waals surface area contributed by atoms with Gasteiger partial charge in [0.25, 0.3) is 0 Å². The van der Waals surface area contributed by atoms with Gasteiger partial charge in [-0.15, -0.1) is 0 Å². The minimum Gasteiger partial charge on any atom is -0.321 e. The van der Waals surface area contributed by atoms with Crippen molar-refractivity contribution in [2.24, 2.45) is 0 Å². The summed E-state index contributed by atoms with van der Waals surface area (Å²) in [6.07, 6.45) is 5.24. The number of benzene rings is 1. The lowest BCUT2D eigenvalue weighted by molar-refractivity contribution is 0.0639. The van der Waals surface area contributed by atoms with E-state index in [0.29, 0.717) is 21.8 Å². The van der Waals surface area contributed by atoms with Gasteiger partial charge in [-0.3, -0.25) is 4.90 Å². The maximum Gasteiger partial charge on any atom is 0.321 e. The first-order valence-corrected chi connectivity index (χ1v) is 8.63. The number of hydrogen-bond donors (Lipinski definition) is 1. The topological polar surface area (TPSA) is 35.6 Å². The Kier molecular flexibility index (Phi) is 5.11. The van der Waals surface area contributed by atoms with E-state index in [2.05, 4.69) is 10.2 Å². The average molecular weight is 342 g/mol. The van der Waals surface area contributed by atoms with Gasteiger partial charge in [0.2, 0.25) is 0 Å². The Morgan fingerprint density at radius 1 is 1.00 bits per heavy atom. The summed E-state index contributed by atoms with van der Waals surface area (Å²) in [5, 5.41) is 3.91. The van der Waals surface area contributed by atoms with Crippen molar-refractivity contribution >= 4 is 34.9 Å². The van der Waals surface area contributed by atoms with Crippen LogP contribution >= 0.6 is 23.2 Å². The standard InChI is InChI=1S/C16H21Cl2N3O/c17-12-7-13(18)9-14(8-12)19-16(22)21-10-15(11-21)20-5-3-1-2-4-6-20/h7-9,15H,1-6,10-11H2,(H,19,22). The normalized spacial score (nSPS) is 20.4. The third kappa shape index (κ3) is 3.86. The van der Waals surface area contributed by atoms with Crippen LogP contribution in [0.25, 0.3) is 0 Å². The monoisotopic (exact) mass is 341 g/mol. The van der Waals surface area contributed by atoms with E-state index >= 15 is 0 Å². The van der Waals surface area contributed by atoms with Crippen LogP contribution in [0.2, 0.25) is 10.0 Å². The molecular weight excluding hydrogens is 321 g/mol. The van der Waals surface area contributed by atoms with E-state index in [-0.39, 0.29) is 6.03 Å². The Labute approximate surface area is 141 Å². The molecule has 22 heavy (non-hydrogen) atoms. The highest BCUT2D eigenvalue weighted by Gasteiger charge is 2.34. The van der Waals surface area contributed by atoms with Crippen molar-refractivity contribution in [2.45, 2.75) is 31.7 Å². The van der Waals surface area contributed by atoms with Gasteiger partial charge in [0.15, 0.2) is 0 Å². The van der Waals surface area contributed by atoms with Crippen LogP contribution in [-0.2, 0) is 0 Å². The fraction of sp³-hybridized carbons (Fsp3) is 0.562. The van der Waals surface area contributed by atoms with Crippen LogP contribution in [-0.4, -0.2) is 48.1 Å². The first-order chi connectivity index (χ1) is 10.6. The number of likely N-dealkylation sites (tertiary alicyclic amines) is 2. The van der Waals surface area contributed by atoms with Gasteiger partial charge < -0.3 is 10.2 Å². The molecule has 1 N–H and O–H groups in total. The van der Waals surface area contributed by atoms with E-state index in [1.165, 1.54) is 38.8 Å². The van der Waals surface area contributed by atoms with Crippen LogP contribution in [0.4, 0.5) is 10.5 Å². The number of carbonyl (C=O) groups excluding carboxylic acids is 1. The fourth-order valence-corrected chi connectivity index (χ4v) is 3.67. The van der Waals surface area contributed by atoms with Gasteiger partial charge in [0.05, 0.1) is 0 Å². The highest BCUT2D eigenvalue weighted by Crippen LogP contribution is 2.24. The van der Waals surface area contributed by atoms with Crippen molar-refractivity contribution in [3.05, 3.63) is 28.2 Å². The van der Waals surface area contributed by atoms with E-state index in [0.717, 1.165) is 13.1 Å². The Hall–Kier alpha value is -0.970. The first-order valence-electron chi connectivity index (χ1n) is 7.88. The summed E-state index contributed by atoms with van der Waals surface area (Å²) < 4.78 is 0. The van der Waals surface area contributed by atoms with Crippen molar-refractivity contribution in [1.82, 2.24) is 9.80 Å². The highest BCUT2D eigenvalue weighted by molar-refractivity contribution is 6.35. The summed E-state index contributed by atoms with van der Waals surface area (Å²) in [6.45, 7) is 3.95. The molecule has 1 aromatic carbocycles. The third-order valence-corrected chi connectivity index (χ3v) is 4.86. The smallest absolute Gasteiger partial charge is 0.321 e. The van der Waals surface area contributed by atoms with Crippen LogP contribution in [0.3, 0.4) is 0 Å². The molecular formula is C16H21Cl2N3O. The second-order valence-electron chi connectivity index (χ2n) is 6.10. The minimum atomic E-state index is -0.0793. The zero-order chi connectivity index (χ0) is 15.5. The molecule has 0 aliphatic carbocycles. The number of rotatable bonds is 2. The molecule has 0 aromatic heterocycles. The number of amides is 2. The van der Waals surface area contributed by atoms with E-state index < -0.39 is 0 Å². The van der Waals surface area contributed by atoms with Gasteiger partial charge >= 0.3 is 6.03 Å². The number of hydrogen-bond acceptors (Lipinski definition) is 2. The molecule has 3 rings (SSSR count). The van der Waals surface area contributed by atoms with E-state index in [9.17, 15) is 4.79 Å². The lowest BCUT2D eigenvalue weighted by Gasteiger charge is -2.45. The molecule has 2 aliphatic heterocycles. The summed E-state index contributed by atoms with van der Waals surface area (Å²) in [7, 11) is 0. The van der Waals surface area contributed by atoms with Crippen LogP contribution in [0, 0.1) is 0 Å². The molecule has 2 aliphatic rings. The Bertz CT molecular complexity index is 518. The van der Waals surface area contributed by atoms with Gasteiger partial charge in [-0.25, -0.2) is 4.79 Å². The molecule has 2 fully saturated rings. The highest BCUT2D eigenvalue weighted by atomic mass is 35.5. The predicted octanol–water partition coefficient (Wildman–Crippen LogP) is 4.09. The first kappa shape index (κ1) is 15.9. The lowest BCUT2D eigenvalue weighted by Crippen LogP contribution is -2.62. The number of nitrogens with zero attached hydrogens (tertiary/aromatic N) is 2. The lowest BCUT2D eigenvalue weighted by atomic mass is 10.1. The zero-order valence-corrected chi connectivity index (χ0v) is 14.0. The summed E-state index contributed by atoms with van der Waals surface area (Å²) >= 11 is 11.9. The van der Waals surface area contributed by atoms with E-state index in [4.69, 9.17) is 23.2 Å². The van der Waals surface area contributed by atoms with Gasteiger partial charge in [-0.1, -0.05) is 36.0 Å². The van der Waals surface area contributed by atoms with Crippen LogP contribution in [0.15, 0.2) is 18.2 Å². The van der Waals surface area contributed by atoms with Crippen molar-refractivity contribution in [2.75, 3.05) is 31.5 Å². The molecule has 0 radical (unpaired) electrons. The van der Waals surface area contributed by atoms with Gasteiger partial charge in [0.1, 0.15) is 0 Å². The van der Waals surface area contributed by atoms with E-state index in [1.807, 2.05) is 4.90 Å². The van der Waals surface area contributed by atoms with Crippen molar-refractivity contribution in [1.29, 1.82) is 0 Å². The molecule has 0 saturated carbocycles. The van der Waals surface area contributed by atoms with E-state index in [1.54, 1.807) is 18.2 Å². The van der Waals surface area contributed by atoms with Crippen LogP contribution < -0.4 is 5.32 Å². The molecule has 0 unspecified atom stereocenters. The number of urea groups is 1. The van der Waals surface area contributed by atoms with Gasteiger partial charge in [-0.2, -0.15) is 0 Å². The quantitative estimate of drug-likeness (QED) is 0.879. The molecule has 2 heterocycles. The Morgan fingerprint density at radius 2 is 1.59 bits per heavy atom. The molecule has 2 amide bonds. The maximum absolute atomic E-state index is 12.2. The zero-order valence-electron chi connectivity index (χ0n) is 12.5. The van der Waals surface area contributed by atoms with Crippen LogP contribution in [0.5, 0.6) is 0 Å². The molecule has 1 aromatic rings. The predicted molar refractivity (Wildman–Crippen MR) is 90.9 cm³/mol. The van der Waals surface area contributed by atoms with Crippen molar-refractivity contribution in [3.8, 4) is 0 Å². The number of halogens is 2. The second kappa shape index (κ2) is 7.07. The fourth-order valence-electron chi connectivity index (χ4n) is 3.14. The SMILES string of the molecule is O=C(Nc1cc(Cl)cc(Cl)c1)N1CC(N2CCCCCC2)C1. The number of carbonyl (C=O) groups is 1. The molecule has 2 saturated heterocycles. The van der Waals surface area contributed by atoms with Gasteiger partial charge in [-0.05, 0) is 44.1 Å². The van der Waals surface area contributed by atoms with Crippen LogP contribution in [0.1, 0.15) is 25.7 Å². The van der Waals surface area contributed by atoms with Crippen molar-refractivity contribution in [3.63, 3.8) is 0 Å². The molecule has 4 nitrogen and oxygen atoms in total. The summed E-state index contributed by atoms with van der Waals surface area (Å²) in [6, 6.07) is 5.50. The van der Waals surface area contributed by atoms with Gasteiger partial charge in [0, 0.05) is 34.9 Å². The third-order valence-electron chi connectivity index (χ3n) is 4.42. The number of nitrogens with one attached hydrogen (secondary N) is 1. The second-order valence-corrected chi connectivity index (χ2v) is 6.97. The summed E-state index contributed by atoms with van der Waals surface area (Å²) in [5.41, 5.74) is 0.640. The Morgan fingerprint density at radius 3 is 2.18 bits per heavy atom. The average Bonchev–Trinajstić information content (AvgIpc) is 2.64. The molecule has 6 heteroatoms. The number of anilines is 1. The molecule has 0 bridgehead atoms. The summed E-state index contributed by atoms with van der Waals surface area (Å²) in [5.74, 6) is 0. The molecule has 120 valence electrons. The summed E-state index contributed by atoms with van der Waals surface area (Å²) in [4.78, 5) is 16.6. The molecule has 0 spiro atoms. The minimum absolute atomic E-state index is 0.0793. The Balaban J connectivity index is 1.50. The largest absolute Gasteiger partial charge is 0.321 e. The maximum atomic E-state index is 12.2. The van der Waals surface area contributed by atoms with Crippen molar-refractivity contribution < 1.29 is 4.79 Å². The molecule has 0 atom stereocenters.